The van der Waals surface area contributed by atoms with Gasteiger partial charge in [0.2, 0.25) is 5.76 Å². The monoisotopic (exact) mass is 569 g/mol. The fourth-order valence-electron chi connectivity index (χ4n) is 5.19. The molecule has 1 aromatic heterocycles. The first-order valence-corrected chi connectivity index (χ1v) is 14.4. The van der Waals surface area contributed by atoms with Crippen molar-refractivity contribution in [3.63, 3.8) is 0 Å². The van der Waals surface area contributed by atoms with Crippen molar-refractivity contribution in [3.05, 3.63) is 98.4 Å². The summed E-state index contributed by atoms with van der Waals surface area (Å²) in [7, 11) is 0. The lowest BCUT2D eigenvalue weighted by Gasteiger charge is -2.26. The predicted molar refractivity (Wildman–Crippen MR) is 161 cm³/mol. The molecule has 3 aromatic carbocycles. The maximum absolute atomic E-state index is 14.1. The minimum atomic E-state index is -0.799. The fraction of sp³-hybridized carbons (Fsp3) is 0.324. The van der Waals surface area contributed by atoms with Crippen molar-refractivity contribution in [2.45, 2.75) is 53.5 Å². The van der Waals surface area contributed by atoms with Crippen LogP contribution >= 0.6 is 0 Å². The van der Waals surface area contributed by atoms with Crippen molar-refractivity contribution >= 4 is 28.5 Å². The molecule has 0 saturated heterocycles. The molecule has 1 unspecified atom stereocenters. The van der Waals surface area contributed by atoms with Crippen molar-refractivity contribution in [2.75, 3.05) is 24.7 Å². The van der Waals surface area contributed by atoms with Crippen LogP contribution in [0, 0.1) is 13.8 Å². The number of benzene rings is 3. The van der Waals surface area contributed by atoms with Gasteiger partial charge in [-0.2, -0.15) is 0 Å². The first-order valence-electron chi connectivity index (χ1n) is 14.4. The first kappa shape index (κ1) is 28.9. The van der Waals surface area contributed by atoms with Gasteiger partial charge in [-0.1, -0.05) is 19.4 Å². The number of aryl methyl sites for hydroxylation is 2. The highest BCUT2D eigenvalue weighted by Gasteiger charge is 2.44. The Morgan fingerprint density at radius 1 is 0.881 bits per heavy atom. The molecule has 1 aliphatic heterocycles. The summed E-state index contributed by atoms with van der Waals surface area (Å²) in [6.45, 7) is 10.8. The van der Waals surface area contributed by atoms with Gasteiger partial charge in [0.1, 0.15) is 5.58 Å². The Hall–Kier alpha value is -4.59. The molecule has 1 atom stereocenters. The van der Waals surface area contributed by atoms with Crippen LogP contribution in [0.5, 0.6) is 11.5 Å². The summed E-state index contributed by atoms with van der Waals surface area (Å²) in [5.74, 6) is 0.223. The summed E-state index contributed by atoms with van der Waals surface area (Å²) in [5.41, 5.74) is 3.79. The minimum absolute atomic E-state index is 0.00328. The molecule has 8 nitrogen and oxygen atoms in total. The third-order valence-electron chi connectivity index (χ3n) is 7.48. The number of carbonyl (C=O) groups is 2. The molecule has 2 heterocycles. The van der Waals surface area contributed by atoms with E-state index in [1.807, 2.05) is 45.0 Å². The molecular weight excluding hydrogens is 534 g/mol. The van der Waals surface area contributed by atoms with Crippen molar-refractivity contribution < 1.29 is 28.2 Å². The van der Waals surface area contributed by atoms with Crippen LogP contribution in [0.15, 0.2) is 63.8 Å². The highest BCUT2D eigenvalue weighted by atomic mass is 16.5. The van der Waals surface area contributed by atoms with Crippen molar-refractivity contribution in [3.8, 4) is 11.5 Å². The standard InChI is InChI=1S/C34H35NO7/c1-6-9-16-41-26-15-12-23(19-28(26)39-7-2)30-29-31(36)25-17-20(4)21(5)18-27(25)42-32(29)33(37)35(30)24-13-10-22(11-14-24)34(38)40-8-3/h10-15,17-19,30H,6-9,16H2,1-5H3. The lowest BCUT2D eigenvalue weighted by molar-refractivity contribution is 0.0526. The average molecular weight is 570 g/mol. The Morgan fingerprint density at radius 3 is 2.31 bits per heavy atom. The van der Waals surface area contributed by atoms with Gasteiger partial charge >= 0.3 is 5.97 Å². The lowest BCUT2D eigenvalue weighted by Crippen LogP contribution is -2.29. The van der Waals surface area contributed by atoms with E-state index in [1.54, 1.807) is 37.3 Å². The van der Waals surface area contributed by atoms with Gasteiger partial charge in [-0.25, -0.2) is 4.79 Å². The van der Waals surface area contributed by atoms with Crippen LogP contribution in [-0.4, -0.2) is 31.7 Å². The molecule has 0 bridgehead atoms. The molecule has 0 fully saturated rings. The van der Waals surface area contributed by atoms with Gasteiger partial charge in [0.05, 0.1) is 42.4 Å². The Labute approximate surface area is 244 Å². The number of hydrogen-bond acceptors (Lipinski definition) is 7. The van der Waals surface area contributed by atoms with Gasteiger partial charge < -0.3 is 18.6 Å². The number of nitrogens with zero attached hydrogens (tertiary/aromatic N) is 1. The quantitative estimate of drug-likeness (QED) is 0.151. The number of amides is 1. The van der Waals surface area contributed by atoms with E-state index in [0.29, 0.717) is 52.5 Å². The number of fused-ring (bicyclic) bond motifs is 2. The average Bonchev–Trinajstić information content (AvgIpc) is 3.27. The van der Waals surface area contributed by atoms with Crippen LogP contribution in [0.1, 0.15) is 82.8 Å². The van der Waals surface area contributed by atoms with E-state index in [0.717, 1.165) is 24.0 Å². The number of rotatable bonds is 10. The first-order chi connectivity index (χ1) is 20.3. The molecule has 0 N–H and O–H groups in total. The van der Waals surface area contributed by atoms with Gasteiger partial charge in [0.25, 0.3) is 5.91 Å². The van der Waals surface area contributed by atoms with Gasteiger partial charge in [0, 0.05) is 5.69 Å². The number of anilines is 1. The summed E-state index contributed by atoms with van der Waals surface area (Å²) in [6.07, 6.45) is 1.90. The zero-order chi connectivity index (χ0) is 30.0. The van der Waals surface area contributed by atoms with E-state index < -0.39 is 17.9 Å². The summed E-state index contributed by atoms with van der Waals surface area (Å²) in [4.78, 5) is 42.0. The Balaban J connectivity index is 1.69. The maximum atomic E-state index is 14.1. The molecule has 42 heavy (non-hydrogen) atoms. The van der Waals surface area contributed by atoms with Crippen LogP contribution < -0.4 is 19.8 Å². The van der Waals surface area contributed by atoms with Crippen LogP contribution in [0.4, 0.5) is 5.69 Å². The van der Waals surface area contributed by atoms with Crippen molar-refractivity contribution in [1.82, 2.24) is 0 Å². The zero-order valence-corrected chi connectivity index (χ0v) is 24.6. The topological polar surface area (TPSA) is 95.3 Å². The largest absolute Gasteiger partial charge is 0.490 e. The Kier molecular flexibility index (Phi) is 8.34. The third kappa shape index (κ3) is 5.24. The van der Waals surface area contributed by atoms with E-state index in [-0.39, 0.29) is 23.4 Å². The summed E-state index contributed by atoms with van der Waals surface area (Å²) >= 11 is 0. The van der Waals surface area contributed by atoms with E-state index in [4.69, 9.17) is 18.6 Å². The smallest absolute Gasteiger partial charge is 0.338 e. The predicted octanol–water partition coefficient (Wildman–Crippen LogP) is 6.91. The number of hydrogen-bond donors (Lipinski definition) is 0. The number of carbonyl (C=O) groups excluding carboxylic acids is 2. The second-order valence-corrected chi connectivity index (χ2v) is 10.3. The molecule has 4 aromatic rings. The molecule has 0 spiro atoms. The summed E-state index contributed by atoms with van der Waals surface area (Å²) < 4.78 is 23.2. The van der Waals surface area contributed by atoms with Gasteiger partial charge in [0.15, 0.2) is 16.9 Å². The Bertz CT molecular complexity index is 1700. The van der Waals surface area contributed by atoms with Crippen LogP contribution in [0.2, 0.25) is 0 Å². The highest BCUT2D eigenvalue weighted by molar-refractivity contribution is 6.11. The van der Waals surface area contributed by atoms with Crippen molar-refractivity contribution in [2.24, 2.45) is 0 Å². The maximum Gasteiger partial charge on any atom is 0.338 e. The fourth-order valence-corrected chi connectivity index (χ4v) is 5.19. The summed E-state index contributed by atoms with van der Waals surface area (Å²) in [5, 5.41) is 0.415. The second kappa shape index (κ2) is 12.1. The van der Waals surface area contributed by atoms with Gasteiger partial charge in [-0.3, -0.25) is 14.5 Å². The lowest BCUT2D eigenvalue weighted by atomic mass is 9.96. The molecule has 1 aliphatic rings. The molecule has 8 heteroatoms. The van der Waals surface area contributed by atoms with Crippen LogP contribution in [0.3, 0.4) is 0 Å². The van der Waals surface area contributed by atoms with E-state index >= 15 is 0 Å². The molecule has 5 rings (SSSR count). The number of esters is 1. The van der Waals surface area contributed by atoms with E-state index in [1.165, 1.54) is 4.90 Å². The third-order valence-corrected chi connectivity index (χ3v) is 7.48. The van der Waals surface area contributed by atoms with Gasteiger partial charge in [-0.05, 0) is 99.3 Å². The zero-order valence-electron chi connectivity index (χ0n) is 24.6. The summed E-state index contributed by atoms with van der Waals surface area (Å²) in [6, 6.07) is 14.9. The number of ether oxygens (including phenoxy) is 3. The van der Waals surface area contributed by atoms with Crippen LogP contribution in [0.25, 0.3) is 11.0 Å². The van der Waals surface area contributed by atoms with E-state index in [2.05, 4.69) is 6.92 Å². The Morgan fingerprint density at radius 2 is 1.62 bits per heavy atom. The highest BCUT2D eigenvalue weighted by Crippen LogP contribution is 2.43. The number of unbranched alkanes of at least 4 members (excludes halogenated alkanes) is 1. The van der Waals surface area contributed by atoms with Crippen LogP contribution in [-0.2, 0) is 4.74 Å². The molecule has 0 aliphatic carbocycles. The van der Waals surface area contributed by atoms with E-state index in [9.17, 15) is 14.4 Å². The molecule has 0 radical (unpaired) electrons. The molecule has 0 saturated carbocycles. The van der Waals surface area contributed by atoms with Gasteiger partial charge in [-0.15, -0.1) is 0 Å². The van der Waals surface area contributed by atoms with Crippen molar-refractivity contribution in [1.29, 1.82) is 0 Å². The minimum Gasteiger partial charge on any atom is -0.490 e. The molecular formula is C34H35NO7. The molecule has 1 amide bonds. The SMILES string of the molecule is CCCCOc1ccc(C2c3c(oc4cc(C)c(C)cc4c3=O)C(=O)N2c2ccc(C(=O)OCC)cc2)cc1OCC. The normalized spacial score (nSPS) is 14.3. The molecule has 218 valence electrons. The second-order valence-electron chi connectivity index (χ2n) is 10.3.